The van der Waals surface area contributed by atoms with E-state index >= 15 is 0 Å². The molecule has 0 aromatic rings. The summed E-state index contributed by atoms with van der Waals surface area (Å²) >= 11 is 0. The first-order chi connectivity index (χ1) is 5.34. The van der Waals surface area contributed by atoms with Crippen LogP contribution < -0.4 is 5.73 Å². The van der Waals surface area contributed by atoms with Crippen LogP contribution in [0, 0.1) is 5.92 Å². The van der Waals surface area contributed by atoms with Crippen LogP contribution in [0.2, 0.25) is 0 Å². The summed E-state index contributed by atoms with van der Waals surface area (Å²) in [6, 6.07) is -0.420. The highest BCUT2D eigenvalue weighted by Crippen LogP contribution is 2.33. The van der Waals surface area contributed by atoms with Crippen LogP contribution in [-0.4, -0.2) is 39.2 Å². The first-order valence-corrected chi connectivity index (χ1v) is 4.18. The Labute approximate surface area is 72.0 Å². The summed E-state index contributed by atoms with van der Waals surface area (Å²) in [6.45, 7) is 3.23. The molecule has 1 rings (SSSR count). The molecule has 0 aliphatic heterocycles. The topological polar surface area (TPSA) is 86.7 Å². The highest BCUT2D eigenvalue weighted by Gasteiger charge is 2.45. The van der Waals surface area contributed by atoms with Crippen molar-refractivity contribution in [1.82, 2.24) is 0 Å². The second-order valence-electron chi connectivity index (χ2n) is 4.14. The van der Waals surface area contributed by atoms with Gasteiger partial charge in [0.2, 0.25) is 0 Å². The Morgan fingerprint density at radius 2 is 1.75 bits per heavy atom. The number of hydrogen-bond acceptors (Lipinski definition) is 4. The van der Waals surface area contributed by atoms with Gasteiger partial charge in [0.05, 0.1) is 17.8 Å². The lowest BCUT2D eigenvalue weighted by atomic mass is 9.88. The van der Waals surface area contributed by atoms with Crippen LogP contribution in [0.15, 0.2) is 0 Å². The van der Waals surface area contributed by atoms with E-state index in [1.165, 1.54) is 0 Å². The smallest absolute Gasteiger partial charge is 0.0953 e. The van der Waals surface area contributed by atoms with Crippen LogP contribution in [0.4, 0.5) is 0 Å². The number of hydrogen-bond donors (Lipinski definition) is 4. The minimum Gasteiger partial charge on any atom is -0.390 e. The third-order valence-corrected chi connectivity index (χ3v) is 2.63. The van der Waals surface area contributed by atoms with Crippen LogP contribution >= 0.6 is 0 Å². The largest absolute Gasteiger partial charge is 0.390 e. The predicted octanol–water partition coefficient (Wildman–Crippen LogP) is -1.17. The second-order valence-corrected chi connectivity index (χ2v) is 4.14. The average Bonchev–Trinajstić information content (AvgIpc) is 2.15. The van der Waals surface area contributed by atoms with E-state index in [1.54, 1.807) is 13.8 Å². The zero-order valence-corrected chi connectivity index (χ0v) is 7.44. The molecule has 1 aliphatic rings. The molecular formula is C8H17NO3. The maximum Gasteiger partial charge on any atom is 0.0953 e. The lowest BCUT2D eigenvalue weighted by Gasteiger charge is -2.28. The van der Waals surface area contributed by atoms with Crippen molar-refractivity contribution >= 4 is 0 Å². The SMILES string of the molecule is CC(C)(O)[C@@H]1C[C@@H](N)[C@H](O)[C@@H]1O. The molecule has 0 unspecified atom stereocenters. The van der Waals surface area contributed by atoms with Gasteiger partial charge in [0.15, 0.2) is 0 Å². The fourth-order valence-electron chi connectivity index (χ4n) is 1.77. The van der Waals surface area contributed by atoms with E-state index in [0.29, 0.717) is 6.42 Å². The standard InChI is InChI=1S/C8H17NO3/c1-8(2,12)4-3-5(9)7(11)6(4)10/h4-7,10-12H,3,9H2,1-2H3/t4-,5-,6-,7+/m1/s1. The number of rotatable bonds is 1. The molecule has 0 aromatic carbocycles. The Morgan fingerprint density at radius 1 is 1.25 bits per heavy atom. The first-order valence-electron chi connectivity index (χ1n) is 4.18. The molecule has 5 N–H and O–H groups in total. The van der Waals surface area contributed by atoms with Crippen LogP contribution in [0.1, 0.15) is 20.3 Å². The zero-order valence-electron chi connectivity index (χ0n) is 7.44. The number of aliphatic hydroxyl groups is 3. The summed E-state index contributed by atoms with van der Waals surface area (Å²) in [5.41, 5.74) is 4.56. The van der Waals surface area contributed by atoms with Gasteiger partial charge in [-0.25, -0.2) is 0 Å². The van der Waals surface area contributed by atoms with Crippen molar-refractivity contribution in [2.24, 2.45) is 11.7 Å². The second kappa shape index (κ2) is 2.96. The summed E-state index contributed by atoms with van der Waals surface area (Å²) < 4.78 is 0. The average molecular weight is 175 g/mol. The van der Waals surface area contributed by atoms with Crippen molar-refractivity contribution in [3.05, 3.63) is 0 Å². The van der Waals surface area contributed by atoms with Crippen molar-refractivity contribution < 1.29 is 15.3 Å². The van der Waals surface area contributed by atoms with Crippen molar-refractivity contribution in [3.8, 4) is 0 Å². The highest BCUT2D eigenvalue weighted by atomic mass is 16.3. The Kier molecular flexibility index (Phi) is 2.45. The van der Waals surface area contributed by atoms with E-state index in [1.807, 2.05) is 0 Å². The third-order valence-electron chi connectivity index (χ3n) is 2.63. The molecular weight excluding hydrogens is 158 g/mol. The zero-order chi connectivity index (χ0) is 9.52. The van der Waals surface area contributed by atoms with Gasteiger partial charge in [0.1, 0.15) is 0 Å². The molecule has 0 bridgehead atoms. The fourth-order valence-corrected chi connectivity index (χ4v) is 1.77. The molecule has 4 atom stereocenters. The summed E-state index contributed by atoms with van der Waals surface area (Å²) in [7, 11) is 0. The molecule has 0 heterocycles. The van der Waals surface area contributed by atoms with Gasteiger partial charge in [-0.15, -0.1) is 0 Å². The molecule has 0 radical (unpaired) electrons. The van der Waals surface area contributed by atoms with Gasteiger partial charge in [-0.05, 0) is 20.3 Å². The molecule has 1 saturated carbocycles. The van der Waals surface area contributed by atoms with Gasteiger partial charge in [-0.1, -0.05) is 0 Å². The summed E-state index contributed by atoms with van der Waals surface area (Å²) in [4.78, 5) is 0. The van der Waals surface area contributed by atoms with Crippen molar-refractivity contribution in [1.29, 1.82) is 0 Å². The van der Waals surface area contributed by atoms with E-state index in [4.69, 9.17) is 5.73 Å². The van der Waals surface area contributed by atoms with E-state index < -0.39 is 23.9 Å². The Hall–Kier alpha value is -0.160. The van der Waals surface area contributed by atoms with Gasteiger partial charge in [0.25, 0.3) is 0 Å². The Balaban J connectivity index is 2.71. The van der Waals surface area contributed by atoms with Crippen molar-refractivity contribution in [2.45, 2.75) is 44.1 Å². The van der Waals surface area contributed by atoms with E-state index in [9.17, 15) is 15.3 Å². The summed E-state index contributed by atoms with van der Waals surface area (Å²) in [5, 5.41) is 28.4. The van der Waals surface area contributed by atoms with Crippen LogP contribution in [0.25, 0.3) is 0 Å². The number of nitrogens with two attached hydrogens (primary N) is 1. The third kappa shape index (κ3) is 1.61. The molecule has 1 aliphatic carbocycles. The minimum atomic E-state index is -0.978. The highest BCUT2D eigenvalue weighted by molar-refractivity contribution is 4.99. The van der Waals surface area contributed by atoms with Crippen molar-refractivity contribution in [3.63, 3.8) is 0 Å². The van der Waals surface area contributed by atoms with Crippen molar-refractivity contribution in [2.75, 3.05) is 0 Å². The van der Waals surface area contributed by atoms with Crippen LogP contribution in [0.5, 0.6) is 0 Å². The van der Waals surface area contributed by atoms with E-state index in [2.05, 4.69) is 0 Å². The van der Waals surface area contributed by atoms with Crippen LogP contribution in [-0.2, 0) is 0 Å². The molecule has 4 nitrogen and oxygen atoms in total. The Bertz CT molecular complexity index is 166. The van der Waals surface area contributed by atoms with E-state index in [-0.39, 0.29) is 5.92 Å². The fraction of sp³-hybridized carbons (Fsp3) is 1.00. The van der Waals surface area contributed by atoms with Gasteiger partial charge in [-0.3, -0.25) is 0 Å². The lowest BCUT2D eigenvalue weighted by Crippen LogP contribution is -2.40. The molecule has 0 saturated heterocycles. The minimum absolute atomic E-state index is 0.331. The van der Waals surface area contributed by atoms with Gasteiger partial charge < -0.3 is 21.1 Å². The predicted molar refractivity (Wildman–Crippen MR) is 44.4 cm³/mol. The number of aliphatic hydroxyl groups excluding tert-OH is 2. The molecule has 12 heavy (non-hydrogen) atoms. The molecule has 4 heteroatoms. The van der Waals surface area contributed by atoms with Gasteiger partial charge in [0, 0.05) is 12.0 Å². The Morgan fingerprint density at radius 3 is 1.92 bits per heavy atom. The van der Waals surface area contributed by atoms with Crippen LogP contribution in [0.3, 0.4) is 0 Å². The van der Waals surface area contributed by atoms with Gasteiger partial charge >= 0.3 is 0 Å². The summed E-state index contributed by atoms with van der Waals surface area (Å²) in [6.07, 6.45) is -1.34. The molecule has 0 amide bonds. The first kappa shape index (κ1) is 9.92. The lowest BCUT2D eigenvalue weighted by molar-refractivity contribution is -0.0603. The monoisotopic (exact) mass is 175 g/mol. The normalized spacial score (nSPS) is 43.5. The molecule has 0 aromatic heterocycles. The molecule has 1 fully saturated rings. The van der Waals surface area contributed by atoms with E-state index in [0.717, 1.165) is 0 Å². The molecule has 0 spiro atoms. The molecule has 72 valence electrons. The maximum atomic E-state index is 9.60. The maximum absolute atomic E-state index is 9.60. The van der Waals surface area contributed by atoms with Gasteiger partial charge in [-0.2, -0.15) is 0 Å². The summed E-state index contributed by atoms with van der Waals surface area (Å²) in [5.74, 6) is -0.331. The quantitative estimate of drug-likeness (QED) is 0.404.